The Morgan fingerprint density at radius 3 is 1.67 bits per heavy atom. The number of rotatable bonds is 5. The minimum absolute atomic E-state index is 0.0481. The van der Waals surface area contributed by atoms with Crippen molar-refractivity contribution < 1.29 is 28.8 Å². The molecule has 6 nitrogen and oxygen atoms in total. The van der Waals surface area contributed by atoms with Crippen molar-refractivity contribution in [3.63, 3.8) is 0 Å². The molecular weight excluding hydrogens is 276 g/mol. The van der Waals surface area contributed by atoms with Crippen molar-refractivity contribution in [1.29, 1.82) is 0 Å². The highest BCUT2D eigenvalue weighted by Gasteiger charge is 2.25. The summed E-state index contributed by atoms with van der Waals surface area (Å²) in [6, 6.07) is 3.05. The highest BCUT2D eigenvalue weighted by Crippen LogP contribution is 2.54. The highest BCUT2D eigenvalue weighted by molar-refractivity contribution is 6.03. The first-order chi connectivity index (χ1) is 10.1. The van der Waals surface area contributed by atoms with Crippen LogP contribution in [-0.2, 0) is 0 Å². The molecule has 0 spiro atoms. The average Bonchev–Trinajstić information content (AvgIpc) is 2.51. The van der Waals surface area contributed by atoms with Gasteiger partial charge in [-0.2, -0.15) is 0 Å². The third-order valence-electron chi connectivity index (χ3n) is 3.21. The van der Waals surface area contributed by atoms with Crippen molar-refractivity contribution in [2.75, 3.05) is 35.5 Å². The predicted molar refractivity (Wildman–Crippen MR) is 78.4 cm³/mol. The minimum atomic E-state index is 0.0481. The molecule has 0 saturated heterocycles. The standard InChI is InChI=1S/C15H18O6/c1-17-10-7-8(16)6-9-11(10)13(19-3)15(21-5)14(20-4)12(9)18-2/h6-7,16H,1-5H3. The third-order valence-corrected chi connectivity index (χ3v) is 3.21. The smallest absolute Gasteiger partial charge is 0.208 e. The summed E-state index contributed by atoms with van der Waals surface area (Å²) in [7, 11) is 7.57. The minimum Gasteiger partial charge on any atom is -0.508 e. The van der Waals surface area contributed by atoms with Crippen LogP contribution < -0.4 is 23.7 Å². The van der Waals surface area contributed by atoms with Gasteiger partial charge in [0.1, 0.15) is 11.5 Å². The summed E-state index contributed by atoms with van der Waals surface area (Å²) in [5.74, 6) is 2.15. The number of fused-ring (bicyclic) bond motifs is 1. The second kappa shape index (κ2) is 5.87. The van der Waals surface area contributed by atoms with Crippen molar-refractivity contribution in [2.45, 2.75) is 0 Å². The van der Waals surface area contributed by atoms with Crippen molar-refractivity contribution in [2.24, 2.45) is 0 Å². The van der Waals surface area contributed by atoms with Crippen LogP contribution in [0.5, 0.6) is 34.5 Å². The Bertz CT molecular complexity index is 665. The number of aromatic hydroxyl groups is 1. The summed E-state index contributed by atoms with van der Waals surface area (Å²) in [4.78, 5) is 0. The van der Waals surface area contributed by atoms with Crippen molar-refractivity contribution in [3.05, 3.63) is 12.1 Å². The van der Waals surface area contributed by atoms with E-state index >= 15 is 0 Å². The Morgan fingerprint density at radius 1 is 0.667 bits per heavy atom. The summed E-state index contributed by atoms with van der Waals surface area (Å²) in [5.41, 5.74) is 0. The molecule has 0 bridgehead atoms. The van der Waals surface area contributed by atoms with E-state index in [1.165, 1.54) is 41.6 Å². The Kier molecular flexibility index (Phi) is 4.16. The van der Waals surface area contributed by atoms with Crippen LogP contribution >= 0.6 is 0 Å². The van der Waals surface area contributed by atoms with Crippen LogP contribution in [0.15, 0.2) is 12.1 Å². The van der Waals surface area contributed by atoms with Crippen LogP contribution in [0.4, 0.5) is 0 Å². The van der Waals surface area contributed by atoms with E-state index in [4.69, 9.17) is 23.7 Å². The molecule has 0 aromatic heterocycles. The topological polar surface area (TPSA) is 66.4 Å². The predicted octanol–water partition coefficient (Wildman–Crippen LogP) is 2.59. The first-order valence-electron chi connectivity index (χ1n) is 6.19. The molecule has 0 radical (unpaired) electrons. The van der Waals surface area contributed by atoms with E-state index in [2.05, 4.69) is 0 Å². The van der Waals surface area contributed by atoms with Gasteiger partial charge in [0, 0.05) is 11.5 Å². The molecule has 1 N–H and O–H groups in total. The van der Waals surface area contributed by atoms with Crippen LogP contribution in [0.1, 0.15) is 0 Å². The van der Waals surface area contributed by atoms with Gasteiger partial charge in [-0.3, -0.25) is 0 Å². The van der Waals surface area contributed by atoms with E-state index in [9.17, 15) is 5.11 Å². The SMILES string of the molecule is COc1c(OC)c(OC)c2c(OC)cc(O)cc2c1OC. The fraction of sp³-hybridized carbons (Fsp3) is 0.333. The summed E-state index contributed by atoms with van der Waals surface area (Å²) >= 11 is 0. The van der Waals surface area contributed by atoms with Crippen molar-refractivity contribution >= 4 is 10.8 Å². The van der Waals surface area contributed by atoms with E-state index in [1.54, 1.807) is 6.07 Å². The van der Waals surface area contributed by atoms with Gasteiger partial charge in [-0.05, 0) is 6.07 Å². The first-order valence-corrected chi connectivity index (χ1v) is 6.19. The van der Waals surface area contributed by atoms with Gasteiger partial charge >= 0.3 is 0 Å². The van der Waals surface area contributed by atoms with Crippen LogP contribution in [0.2, 0.25) is 0 Å². The molecule has 0 atom stereocenters. The summed E-state index contributed by atoms with van der Waals surface area (Å²) in [5, 5.41) is 11.1. The zero-order chi connectivity index (χ0) is 15.6. The molecule has 0 amide bonds. The van der Waals surface area contributed by atoms with Gasteiger partial charge in [-0.15, -0.1) is 0 Å². The first kappa shape index (κ1) is 14.9. The van der Waals surface area contributed by atoms with E-state index in [-0.39, 0.29) is 5.75 Å². The van der Waals surface area contributed by atoms with Gasteiger partial charge in [-0.25, -0.2) is 0 Å². The van der Waals surface area contributed by atoms with Gasteiger partial charge in [-0.1, -0.05) is 0 Å². The lowest BCUT2D eigenvalue weighted by atomic mass is 10.0. The molecule has 21 heavy (non-hydrogen) atoms. The molecule has 2 aromatic rings. The normalized spacial score (nSPS) is 10.3. The summed E-state index contributed by atoms with van der Waals surface area (Å²) in [6.45, 7) is 0. The zero-order valence-corrected chi connectivity index (χ0v) is 12.6. The number of phenolic OH excluding ortho intramolecular Hbond substituents is 1. The molecule has 114 valence electrons. The Morgan fingerprint density at radius 2 is 1.19 bits per heavy atom. The van der Waals surface area contributed by atoms with E-state index in [0.717, 1.165) is 0 Å². The lowest BCUT2D eigenvalue weighted by molar-refractivity contribution is 0.309. The number of hydrogen-bond acceptors (Lipinski definition) is 6. The fourth-order valence-electron chi connectivity index (χ4n) is 2.39. The number of benzene rings is 2. The monoisotopic (exact) mass is 294 g/mol. The number of methoxy groups -OCH3 is 5. The van der Waals surface area contributed by atoms with Crippen molar-refractivity contribution in [1.82, 2.24) is 0 Å². The summed E-state index contributed by atoms with van der Waals surface area (Å²) in [6.07, 6.45) is 0. The quantitative estimate of drug-likeness (QED) is 0.914. The number of phenols is 1. The van der Waals surface area contributed by atoms with E-state index < -0.39 is 0 Å². The van der Waals surface area contributed by atoms with Crippen LogP contribution in [0.25, 0.3) is 10.8 Å². The van der Waals surface area contributed by atoms with Crippen molar-refractivity contribution in [3.8, 4) is 34.5 Å². The maximum Gasteiger partial charge on any atom is 0.208 e. The molecule has 0 saturated carbocycles. The zero-order valence-electron chi connectivity index (χ0n) is 12.6. The molecule has 2 aromatic carbocycles. The molecule has 6 heteroatoms. The number of hydrogen-bond donors (Lipinski definition) is 1. The Hall–Kier alpha value is -2.50. The Balaban J connectivity index is 3.06. The maximum atomic E-state index is 9.87. The molecular formula is C15H18O6. The maximum absolute atomic E-state index is 9.87. The molecule has 0 aliphatic carbocycles. The van der Waals surface area contributed by atoms with Gasteiger partial charge in [0.15, 0.2) is 11.5 Å². The highest BCUT2D eigenvalue weighted by atomic mass is 16.5. The Labute approximate surface area is 122 Å². The molecule has 0 fully saturated rings. The van der Waals surface area contributed by atoms with E-state index in [1.807, 2.05) is 0 Å². The van der Waals surface area contributed by atoms with Gasteiger partial charge in [0.05, 0.1) is 40.9 Å². The third kappa shape index (κ3) is 2.22. The lowest BCUT2D eigenvalue weighted by Crippen LogP contribution is -2.00. The van der Waals surface area contributed by atoms with Gasteiger partial charge in [0.2, 0.25) is 11.5 Å². The lowest BCUT2D eigenvalue weighted by Gasteiger charge is -2.20. The van der Waals surface area contributed by atoms with Crippen LogP contribution in [0.3, 0.4) is 0 Å². The molecule has 0 unspecified atom stereocenters. The molecule has 0 aliphatic heterocycles. The second-order valence-corrected chi connectivity index (χ2v) is 4.20. The second-order valence-electron chi connectivity index (χ2n) is 4.20. The van der Waals surface area contributed by atoms with E-state index in [0.29, 0.717) is 39.5 Å². The fourth-order valence-corrected chi connectivity index (χ4v) is 2.39. The van der Waals surface area contributed by atoms with Gasteiger partial charge in [0.25, 0.3) is 0 Å². The largest absolute Gasteiger partial charge is 0.508 e. The summed E-state index contributed by atoms with van der Waals surface area (Å²) < 4.78 is 27.0. The molecule has 2 rings (SSSR count). The molecule has 0 heterocycles. The van der Waals surface area contributed by atoms with Gasteiger partial charge < -0.3 is 28.8 Å². The average molecular weight is 294 g/mol. The number of ether oxygens (including phenoxy) is 5. The molecule has 0 aliphatic rings. The van der Waals surface area contributed by atoms with Crippen LogP contribution in [-0.4, -0.2) is 40.7 Å². The van der Waals surface area contributed by atoms with Crippen LogP contribution in [0, 0.1) is 0 Å².